The number of nitrogens with zero attached hydrogens (tertiary/aromatic N) is 12. The van der Waals surface area contributed by atoms with Crippen molar-refractivity contribution in [3.63, 3.8) is 0 Å². The number of phenolic OH excluding ortho intramolecular Hbond substituents is 2. The molecule has 0 aliphatic rings. The van der Waals surface area contributed by atoms with E-state index in [2.05, 4.69) is 529 Å². The van der Waals surface area contributed by atoms with Crippen molar-refractivity contribution in [1.82, 2.24) is 34.5 Å². The van der Waals surface area contributed by atoms with Gasteiger partial charge in [0.2, 0.25) is 0 Å². The van der Waals surface area contributed by atoms with Gasteiger partial charge < -0.3 is 34.7 Å². The number of aromatic hydroxyl groups is 2. The normalized spacial score (nSPS) is 11.4. The molecule has 0 saturated carbocycles. The molecular weight excluding hydrogens is 1730 g/mol. The van der Waals surface area contributed by atoms with Crippen molar-refractivity contribution in [2.24, 2.45) is 0 Å². The third kappa shape index (κ3) is 35.6. The van der Waals surface area contributed by atoms with Crippen LogP contribution in [0.25, 0.3) is 0 Å². The molecule has 14 nitrogen and oxygen atoms in total. The first-order valence-electron chi connectivity index (χ1n) is 49.3. The Labute approximate surface area is 843 Å². The van der Waals surface area contributed by atoms with Gasteiger partial charge in [0.05, 0.1) is 0 Å². The summed E-state index contributed by atoms with van der Waals surface area (Å²) in [6.07, 6.45) is 7.31. The highest BCUT2D eigenvalue weighted by atomic mass is 16.3. The minimum atomic E-state index is 0.159. The Hall–Kier alpha value is -14.2. The van der Waals surface area contributed by atoms with Gasteiger partial charge in [0, 0.05) is 233 Å². The SMILES string of the molecule is CC(c1ccccc1)N(Cc1ccc(N(C)C)cc1)Cc1ccc(N(C)C)cc1.CN(C)c1ccc(CN(Cc2ccccc2)CC(c2ccccc2)c2ccccc2)cc1.CN(C)c1ccc(CN(Cc2ccccc2)Cc2ccc(N(C)C)cc2)cc1.Cc1ccc(CN(Cc2ccncc2)Cc2cc(O)ccc2O)cc1.Cc1ccc(CN(Cc2ccncc2)Cc2ccc(C(C)(C)C)cc2)cc1. The van der Waals surface area contributed by atoms with E-state index in [9.17, 15) is 10.2 Å². The smallest absolute Gasteiger partial charge is 0.120 e. The molecular formula is C127H148N12O2. The summed E-state index contributed by atoms with van der Waals surface area (Å²) in [5.74, 6) is 0.676. The summed E-state index contributed by atoms with van der Waals surface area (Å²) in [4.78, 5) is 31.3. The molecule has 0 spiro atoms. The number of rotatable bonds is 37. The van der Waals surface area contributed by atoms with Crippen molar-refractivity contribution >= 4 is 28.4 Å². The fourth-order valence-corrected chi connectivity index (χ4v) is 17.1. The lowest BCUT2D eigenvalue weighted by molar-refractivity contribution is 0.192. The molecule has 14 aromatic carbocycles. The zero-order valence-corrected chi connectivity index (χ0v) is 86.1. The van der Waals surface area contributed by atoms with Crippen molar-refractivity contribution < 1.29 is 10.2 Å². The van der Waals surface area contributed by atoms with Gasteiger partial charge in [-0.1, -0.05) is 317 Å². The second-order valence-electron chi connectivity index (χ2n) is 39.2. The molecule has 0 radical (unpaired) electrons. The lowest BCUT2D eigenvalue weighted by Crippen LogP contribution is -2.28. The number of benzene rings is 14. The predicted octanol–water partition coefficient (Wildman–Crippen LogP) is 27.1. The van der Waals surface area contributed by atoms with E-state index in [-0.39, 0.29) is 16.9 Å². The topological polar surface area (TPSA) is 98.6 Å². The summed E-state index contributed by atoms with van der Waals surface area (Å²) in [7, 11) is 20.8. The van der Waals surface area contributed by atoms with Crippen molar-refractivity contribution in [3.8, 4) is 11.5 Å². The van der Waals surface area contributed by atoms with Crippen molar-refractivity contribution in [2.45, 2.75) is 144 Å². The fraction of sp³-hybridized carbons (Fsp3) is 0.260. The van der Waals surface area contributed by atoms with Gasteiger partial charge in [-0.15, -0.1) is 0 Å². The highest BCUT2D eigenvalue weighted by Crippen LogP contribution is 2.33. The van der Waals surface area contributed by atoms with E-state index in [0.29, 0.717) is 24.1 Å². The van der Waals surface area contributed by atoms with E-state index in [0.717, 1.165) is 90.6 Å². The summed E-state index contributed by atoms with van der Waals surface area (Å²) in [5.41, 5.74) is 30.8. The molecule has 2 aromatic heterocycles. The Morgan fingerprint density at radius 3 is 0.780 bits per heavy atom. The third-order valence-corrected chi connectivity index (χ3v) is 25.5. The number of anilines is 5. The minimum absolute atomic E-state index is 0.159. The van der Waals surface area contributed by atoms with E-state index in [4.69, 9.17) is 0 Å². The van der Waals surface area contributed by atoms with Gasteiger partial charge >= 0.3 is 0 Å². The van der Waals surface area contributed by atoms with Crippen molar-refractivity contribution in [2.75, 3.05) is 102 Å². The van der Waals surface area contributed by atoms with Gasteiger partial charge in [-0.3, -0.25) is 34.5 Å². The lowest BCUT2D eigenvalue weighted by Gasteiger charge is -2.30. The first-order valence-corrected chi connectivity index (χ1v) is 49.3. The van der Waals surface area contributed by atoms with E-state index < -0.39 is 0 Å². The van der Waals surface area contributed by atoms with Crippen LogP contribution in [0.15, 0.2) is 413 Å². The van der Waals surface area contributed by atoms with Gasteiger partial charge in [0.15, 0.2) is 0 Å². The summed E-state index contributed by atoms with van der Waals surface area (Å²) in [6.45, 7) is 25.5. The molecule has 0 amide bonds. The Morgan fingerprint density at radius 2 is 0.489 bits per heavy atom. The average Bonchev–Trinajstić information content (AvgIpc) is 0.810. The number of hydrogen-bond donors (Lipinski definition) is 2. The maximum Gasteiger partial charge on any atom is 0.120 e. The van der Waals surface area contributed by atoms with Crippen LogP contribution < -0.4 is 24.5 Å². The van der Waals surface area contributed by atoms with E-state index in [1.165, 1.54) is 135 Å². The molecule has 0 fully saturated rings. The number of aromatic nitrogens is 2. The minimum Gasteiger partial charge on any atom is -0.508 e. The van der Waals surface area contributed by atoms with Crippen LogP contribution in [0.1, 0.15) is 145 Å². The van der Waals surface area contributed by atoms with Crippen LogP contribution in [0.2, 0.25) is 0 Å². The molecule has 0 bridgehead atoms. The molecule has 0 aliphatic carbocycles. The summed E-state index contributed by atoms with van der Waals surface area (Å²) >= 11 is 0. The van der Waals surface area contributed by atoms with Gasteiger partial charge in [0.25, 0.3) is 0 Å². The van der Waals surface area contributed by atoms with Crippen LogP contribution in [-0.2, 0) is 90.5 Å². The van der Waals surface area contributed by atoms with Crippen LogP contribution >= 0.6 is 0 Å². The maximum atomic E-state index is 10.1. The van der Waals surface area contributed by atoms with Gasteiger partial charge in [-0.2, -0.15) is 0 Å². The standard InChI is InChI=1S/C30H32N2.C26H33N3.C25H31N3.C25H30N2.C21H22N2O2/c1-31(2)29-20-18-26(19-21-29)23-32(22-25-12-6-3-7-13-25)24-30(27-14-8-4-9-15-27)28-16-10-5-11-17-28;1-21(24-9-7-6-8-10-24)29(19-22-11-15-25(16-12-22)27(2)3)20-23-13-17-26(18-14-23)28(4)5;1-26(2)24-14-10-22(11-15-24)19-28(18-21-8-6-5-7-9-21)20-23-12-16-25(17-13-23)27(3)4;1-20-5-7-21(8-6-20)17-27(19-23-13-15-26-16-14-23)18-22-9-11-24(12-10-22)25(2,3)4;1-16-2-4-17(5-3-16)13-23(14-18-8-10-22-11-9-18)15-19-12-20(24)6-7-21(19)25/h3-21,30H,22-24H2,1-2H3;6-18,21H,19-20H2,1-5H3;5-17H,18-20H2,1-4H3;5-16H,17-19H2,1-4H3;2-12,24-25H,13-15H2,1H3. The van der Waals surface area contributed by atoms with Crippen LogP contribution in [-0.4, -0.2) is 122 Å². The van der Waals surface area contributed by atoms with Crippen LogP contribution in [0, 0.1) is 13.8 Å². The first kappa shape index (κ1) is 106. The Kier molecular flexibility index (Phi) is 40.7. The zero-order chi connectivity index (χ0) is 99.8. The van der Waals surface area contributed by atoms with Crippen molar-refractivity contribution in [3.05, 3.63) is 519 Å². The maximum absolute atomic E-state index is 10.1. The average molecular weight is 1870 g/mol. The first-order chi connectivity index (χ1) is 68.1. The molecule has 0 aliphatic heterocycles. The van der Waals surface area contributed by atoms with E-state index in [1.54, 1.807) is 18.5 Å². The van der Waals surface area contributed by atoms with Crippen LogP contribution in [0.5, 0.6) is 11.5 Å². The third-order valence-electron chi connectivity index (χ3n) is 25.5. The Bertz CT molecular complexity index is 6060. The molecule has 0 saturated heterocycles. The van der Waals surface area contributed by atoms with Crippen LogP contribution in [0.4, 0.5) is 28.4 Å². The Morgan fingerprint density at radius 1 is 0.248 bits per heavy atom. The highest BCUT2D eigenvalue weighted by molar-refractivity contribution is 5.51. The largest absolute Gasteiger partial charge is 0.508 e. The monoisotopic (exact) mass is 1870 g/mol. The molecule has 141 heavy (non-hydrogen) atoms. The predicted molar refractivity (Wildman–Crippen MR) is 594 cm³/mol. The lowest BCUT2D eigenvalue weighted by atomic mass is 9.87. The molecule has 728 valence electrons. The van der Waals surface area contributed by atoms with E-state index >= 15 is 0 Å². The van der Waals surface area contributed by atoms with Gasteiger partial charge in [-0.05, 0) is 218 Å². The second-order valence-corrected chi connectivity index (χ2v) is 39.2. The molecule has 16 rings (SSSR count). The highest BCUT2D eigenvalue weighted by Gasteiger charge is 2.23. The van der Waals surface area contributed by atoms with Crippen LogP contribution in [0.3, 0.4) is 0 Å². The number of phenols is 2. The molecule has 1 unspecified atom stereocenters. The zero-order valence-electron chi connectivity index (χ0n) is 86.1. The molecule has 2 heterocycles. The summed E-state index contributed by atoms with van der Waals surface area (Å²) in [6, 6.07) is 138. The second kappa shape index (κ2) is 54.4. The molecule has 1 atom stereocenters. The molecule has 14 heteroatoms. The van der Waals surface area contributed by atoms with E-state index in [1.807, 2.05) is 24.5 Å². The summed E-state index contributed by atoms with van der Waals surface area (Å²) < 4.78 is 0. The number of pyridine rings is 2. The molecule has 2 N–H and O–H groups in total. The number of aryl methyl sites for hydroxylation is 2. The number of hydrogen-bond acceptors (Lipinski definition) is 14. The van der Waals surface area contributed by atoms with Gasteiger partial charge in [0.1, 0.15) is 11.5 Å². The molecule has 16 aromatic rings. The quantitative estimate of drug-likeness (QED) is 0.0362. The Balaban J connectivity index is 0.000000158. The van der Waals surface area contributed by atoms with Crippen molar-refractivity contribution in [1.29, 1.82) is 0 Å². The van der Waals surface area contributed by atoms with Gasteiger partial charge in [-0.25, -0.2) is 0 Å². The fourth-order valence-electron chi connectivity index (χ4n) is 17.1. The summed E-state index contributed by atoms with van der Waals surface area (Å²) in [5, 5.41) is 19.8.